The Labute approximate surface area is 86.4 Å². The van der Waals surface area contributed by atoms with Crippen LogP contribution in [0.5, 0.6) is 0 Å². The van der Waals surface area contributed by atoms with E-state index >= 15 is 0 Å². The Kier molecular flexibility index (Phi) is 3.11. The van der Waals surface area contributed by atoms with Crippen molar-refractivity contribution in [3.05, 3.63) is 28.8 Å². The summed E-state index contributed by atoms with van der Waals surface area (Å²) in [7, 11) is 0. The van der Waals surface area contributed by atoms with Crippen molar-refractivity contribution in [3.8, 4) is 0 Å². The fourth-order valence-electron chi connectivity index (χ4n) is 0.857. The molecule has 0 aliphatic carbocycles. The second-order valence-electron chi connectivity index (χ2n) is 2.38. The topological polar surface area (TPSA) is 26.0 Å². The van der Waals surface area contributed by atoms with E-state index in [0.717, 1.165) is 0 Å². The zero-order chi connectivity index (χ0) is 11.0. The fraction of sp³-hybridized carbons (Fsp3) is 0.143. The molecule has 7 heteroatoms. The molecule has 0 aliphatic heterocycles. The highest BCUT2D eigenvalue weighted by Crippen LogP contribution is 2.34. The first-order valence-electron chi connectivity index (χ1n) is 3.27. The molecule has 0 unspecified atom stereocenters. The molecular weight excluding hydrogens is 245 g/mol. The van der Waals surface area contributed by atoms with Crippen molar-refractivity contribution in [2.75, 3.05) is 5.73 Å². The Morgan fingerprint density at radius 2 is 1.21 bits per heavy atom. The van der Waals surface area contributed by atoms with Crippen LogP contribution >= 0.6 is 23.2 Å². The average Bonchev–Trinajstić information content (AvgIpc) is 2.11. The largest absolute Gasteiger partial charge is 0.394 e. The van der Waals surface area contributed by atoms with Gasteiger partial charge in [0.05, 0.1) is 5.56 Å². The molecule has 2 N–H and O–H groups in total. The van der Waals surface area contributed by atoms with Gasteiger partial charge in [-0.15, -0.1) is 0 Å². The molecule has 1 rings (SSSR count). The van der Waals surface area contributed by atoms with Crippen molar-refractivity contribution in [1.29, 1.82) is 0 Å². The van der Waals surface area contributed by atoms with Crippen LogP contribution in [0.2, 0.25) is 0 Å². The molecule has 1 nitrogen and oxygen atoms in total. The molecular formula is C7H3Cl2F4N. The van der Waals surface area contributed by atoms with Crippen LogP contribution in [0.4, 0.5) is 23.2 Å². The van der Waals surface area contributed by atoms with Crippen molar-refractivity contribution < 1.29 is 17.6 Å². The summed E-state index contributed by atoms with van der Waals surface area (Å²) in [6.07, 6.45) is 0. The minimum atomic E-state index is -1.71. The number of alkyl halides is 2. The van der Waals surface area contributed by atoms with Crippen molar-refractivity contribution in [1.82, 2.24) is 0 Å². The lowest BCUT2D eigenvalue weighted by Gasteiger charge is -2.09. The molecule has 0 bridgehead atoms. The number of nitrogen functional groups attached to an aromatic ring is 1. The number of rotatable bonds is 1. The van der Waals surface area contributed by atoms with E-state index in [1.807, 2.05) is 0 Å². The van der Waals surface area contributed by atoms with Gasteiger partial charge in [0, 0.05) is 0 Å². The molecule has 0 aromatic heterocycles. The van der Waals surface area contributed by atoms with Gasteiger partial charge in [-0.25, -0.2) is 17.6 Å². The summed E-state index contributed by atoms with van der Waals surface area (Å²) in [6, 6.07) is 0. The molecule has 0 heterocycles. The Morgan fingerprint density at radius 1 is 0.857 bits per heavy atom. The zero-order valence-corrected chi connectivity index (χ0v) is 7.93. The first-order chi connectivity index (χ1) is 6.37. The van der Waals surface area contributed by atoms with Crippen LogP contribution in [-0.2, 0) is 0 Å². The molecule has 14 heavy (non-hydrogen) atoms. The number of benzene rings is 1. The van der Waals surface area contributed by atoms with Gasteiger partial charge in [0.2, 0.25) is 0 Å². The Hall–Kier alpha value is -0.680. The molecule has 0 aliphatic rings. The maximum Gasteiger partial charge on any atom is 0.185 e. The summed E-state index contributed by atoms with van der Waals surface area (Å²) in [5.41, 5.74) is 2.41. The van der Waals surface area contributed by atoms with Gasteiger partial charge >= 0.3 is 0 Å². The van der Waals surface area contributed by atoms with Crippen LogP contribution in [0.1, 0.15) is 10.4 Å². The second-order valence-corrected chi connectivity index (χ2v) is 3.48. The van der Waals surface area contributed by atoms with Crippen LogP contribution < -0.4 is 5.73 Å². The van der Waals surface area contributed by atoms with E-state index in [4.69, 9.17) is 28.9 Å². The predicted molar refractivity (Wildman–Crippen MR) is 45.1 cm³/mol. The smallest absolute Gasteiger partial charge is 0.185 e. The fourth-order valence-corrected chi connectivity index (χ4v) is 1.24. The highest BCUT2D eigenvalue weighted by Gasteiger charge is 2.26. The van der Waals surface area contributed by atoms with Crippen molar-refractivity contribution in [2.24, 2.45) is 0 Å². The normalized spacial score (nSPS) is 11.1. The van der Waals surface area contributed by atoms with Crippen LogP contribution in [0.15, 0.2) is 0 Å². The molecule has 1 aromatic rings. The van der Waals surface area contributed by atoms with Crippen molar-refractivity contribution in [2.45, 2.75) is 4.84 Å². The summed E-state index contributed by atoms with van der Waals surface area (Å²) in [5.74, 6) is -6.77. The number of hydrogen-bond acceptors (Lipinski definition) is 1. The van der Waals surface area contributed by atoms with E-state index in [1.165, 1.54) is 0 Å². The Morgan fingerprint density at radius 3 is 1.50 bits per heavy atom. The van der Waals surface area contributed by atoms with Gasteiger partial charge in [-0.3, -0.25) is 0 Å². The molecule has 0 fully saturated rings. The zero-order valence-electron chi connectivity index (χ0n) is 6.42. The van der Waals surface area contributed by atoms with E-state index in [2.05, 4.69) is 0 Å². The van der Waals surface area contributed by atoms with Gasteiger partial charge < -0.3 is 5.73 Å². The Balaban J connectivity index is 3.60. The first kappa shape index (κ1) is 11.4. The summed E-state index contributed by atoms with van der Waals surface area (Å²) in [5, 5.41) is 0. The monoisotopic (exact) mass is 247 g/mol. The quantitative estimate of drug-likeness (QED) is 0.351. The molecule has 0 radical (unpaired) electrons. The minimum Gasteiger partial charge on any atom is -0.394 e. The van der Waals surface area contributed by atoms with Gasteiger partial charge in [0.1, 0.15) is 10.5 Å². The van der Waals surface area contributed by atoms with E-state index in [1.54, 1.807) is 0 Å². The van der Waals surface area contributed by atoms with Gasteiger partial charge in [0.15, 0.2) is 23.3 Å². The summed E-state index contributed by atoms with van der Waals surface area (Å²) >= 11 is 10.2. The maximum absolute atomic E-state index is 12.9. The van der Waals surface area contributed by atoms with Gasteiger partial charge in [0.25, 0.3) is 0 Å². The van der Waals surface area contributed by atoms with Crippen LogP contribution in [0, 0.1) is 23.3 Å². The first-order valence-corrected chi connectivity index (χ1v) is 4.14. The number of halogens is 6. The van der Waals surface area contributed by atoms with Gasteiger partial charge in [-0.05, 0) is 0 Å². The summed E-state index contributed by atoms with van der Waals surface area (Å²) in [6.45, 7) is 0. The second kappa shape index (κ2) is 3.82. The van der Waals surface area contributed by atoms with E-state index in [-0.39, 0.29) is 0 Å². The average molecular weight is 248 g/mol. The molecule has 0 saturated heterocycles. The molecule has 0 atom stereocenters. The highest BCUT2D eigenvalue weighted by atomic mass is 35.5. The lowest BCUT2D eigenvalue weighted by molar-refractivity contribution is 0.448. The van der Waals surface area contributed by atoms with Crippen LogP contribution in [0.25, 0.3) is 0 Å². The van der Waals surface area contributed by atoms with E-state index in [0.29, 0.717) is 0 Å². The van der Waals surface area contributed by atoms with Crippen molar-refractivity contribution >= 4 is 28.9 Å². The third kappa shape index (κ3) is 1.62. The molecule has 1 aromatic carbocycles. The lowest BCUT2D eigenvalue weighted by atomic mass is 10.1. The van der Waals surface area contributed by atoms with E-state index in [9.17, 15) is 17.6 Å². The van der Waals surface area contributed by atoms with Gasteiger partial charge in [-0.2, -0.15) is 0 Å². The summed E-state index contributed by atoms with van der Waals surface area (Å²) < 4.78 is 51.4. The molecule has 0 amide bonds. The van der Waals surface area contributed by atoms with E-state index < -0.39 is 39.4 Å². The van der Waals surface area contributed by atoms with Crippen LogP contribution in [0.3, 0.4) is 0 Å². The number of nitrogens with two attached hydrogens (primary N) is 1. The third-order valence-corrected chi connectivity index (χ3v) is 1.99. The SMILES string of the molecule is Nc1c(F)c(F)c(C(Cl)Cl)c(F)c1F. The van der Waals surface area contributed by atoms with Gasteiger partial charge in [-0.1, -0.05) is 23.2 Å². The predicted octanol–water partition coefficient (Wildman–Crippen LogP) is 3.30. The summed E-state index contributed by atoms with van der Waals surface area (Å²) in [4.78, 5) is -1.71. The maximum atomic E-state index is 12.9. The molecule has 0 spiro atoms. The molecule has 0 saturated carbocycles. The Bertz CT molecular complexity index is 351. The van der Waals surface area contributed by atoms with Crippen LogP contribution in [-0.4, -0.2) is 0 Å². The third-order valence-electron chi connectivity index (χ3n) is 1.55. The number of hydrogen-bond donors (Lipinski definition) is 1. The lowest BCUT2D eigenvalue weighted by Crippen LogP contribution is -2.07. The minimum absolute atomic E-state index is 1.09. The molecule has 78 valence electrons. The van der Waals surface area contributed by atoms with Crippen molar-refractivity contribution in [3.63, 3.8) is 0 Å². The number of anilines is 1. The standard InChI is InChI=1S/C7H3Cl2F4N/c8-7(9)1-2(10)4(12)6(14)5(13)3(1)11/h7H,14H2. The highest BCUT2D eigenvalue weighted by molar-refractivity contribution is 6.44.